The van der Waals surface area contributed by atoms with E-state index in [0.29, 0.717) is 6.10 Å². The van der Waals surface area contributed by atoms with Crippen LogP contribution in [0, 0.1) is 10.8 Å². The zero-order valence-electron chi connectivity index (χ0n) is 12.2. The average molecular weight is 231 g/mol. The summed E-state index contributed by atoms with van der Waals surface area (Å²) in [5, 5.41) is 0. The van der Waals surface area contributed by atoms with Gasteiger partial charge < -0.3 is 10.5 Å². The van der Waals surface area contributed by atoms with E-state index in [1.54, 1.807) is 7.11 Å². The van der Waals surface area contributed by atoms with E-state index in [1.807, 2.05) is 20.8 Å². The van der Waals surface area contributed by atoms with Gasteiger partial charge in [-0.25, -0.2) is 0 Å². The van der Waals surface area contributed by atoms with E-state index in [0.717, 1.165) is 0 Å². The van der Waals surface area contributed by atoms with Crippen LogP contribution in [-0.4, -0.2) is 25.5 Å². The molecule has 0 bridgehead atoms. The lowest BCUT2D eigenvalue weighted by Crippen LogP contribution is -2.27. The second-order valence-electron chi connectivity index (χ2n) is 6.12. The minimum Gasteiger partial charge on any atom is -0.381 e. The predicted octanol–water partition coefficient (Wildman–Crippen LogP) is 2.63. The second-order valence-corrected chi connectivity index (χ2v) is 6.12. The summed E-state index contributed by atoms with van der Waals surface area (Å²) in [5.74, 6) is 0.109. The summed E-state index contributed by atoms with van der Waals surface area (Å²) in [6.45, 7) is 14.3. The van der Waals surface area contributed by atoms with Crippen molar-refractivity contribution in [2.75, 3.05) is 13.7 Å². The van der Waals surface area contributed by atoms with Crippen molar-refractivity contribution >= 4 is 5.78 Å². The fourth-order valence-electron chi connectivity index (χ4n) is 0.660. The summed E-state index contributed by atoms with van der Waals surface area (Å²) in [6.07, 6.45) is 0.350. The number of nitrogens with two attached hydrogens (primary N) is 1. The zero-order valence-corrected chi connectivity index (χ0v) is 12.2. The molecule has 0 amide bonds. The number of rotatable bonds is 2. The topological polar surface area (TPSA) is 52.3 Å². The Morgan fingerprint density at radius 1 is 1.19 bits per heavy atom. The molecule has 0 fully saturated rings. The maximum Gasteiger partial charge on any atom is 0.151 e. The standard InChI is InChI=1S/C7H16O.C6H13NO/c1-6(8-5)7(2,3)4;1-6(2,3)5(8)4-7/h6H,1-5H3;4,7H2,1-3H3. The molecule has 0 heterocycles. The molecule has 0 aliphatic carbocycles. The van der Waals surface area contributed by atoms with Crippen LogP contribution in [0.25, 0.3) is 0 Å². The predicted molar refractivity (Wildman–Crippen MR) is 69.4 cm³/mol. The van der Waals surface area contributed by atoms with Crippen LogP contribution < -0.4 is 5.73 Å². The first-order valence-electron chi connectivity index (χ1n) is 5.73. The van der Waals surface area contributed by atoms with Gasteiger partial charge in [0.05, 0.1) is 12.6 Å². The van der Waals surface area contributed by atoms with Crippen molar-refractivity contribution in [1.29, 1.82) is 0 Å². The van der Waals surface area contributed by atoms with Gasteiger partial charge in [0.15, 0.2) is 5.78 Å². The fraction of sp³-hybridized carbons (Fsp3) is 0.923. The first-order chi connectivity index (χ1) is 6.96. The molecule has 0 spiro atoms. The highest BCUT2D eigenvalue weighted by molar-refractivity contribution is 5.85. The summed E-state index contributed by atoms with van der Waals surface area (Å²) in [7, 11) is 1.75. The Bertz CT molecular complexity index is 199. The number of carbonyl (C=O) groups excluding carboxylic acids is 1. The maximum atomic E-state index is 10.7. The molecule has 3 heteroatoms. The Kier molecular flexibility index (Phi) is 7.89. The minimum atomic E-state index is -0.255. The van der Waals surface area contributed by atoms with Crippen LogP contribution in [-0.2, 0) is 9.53 Å². The van der Waals surface area contributed by atoms with Crippen LogP contribution >= 0.6 is 0 Å². The third-order valence-corrected chi connectivity index (χ3v) is 2.60. The molecule has 0 aromatic rings. The van der Waals surface area contributed by atoms with Crippen LogP contribution in [0.2, 0.25) is 0 Å². The number of Topliss-reactive ketones (excluding diaryl/α,β-unsaturated/α-hetero) is 1. The summed E-state index contributed by atoms with van der Waals surface area (Å²) >= 11 is 0. The normalized spacial score (nSPS) is 13.8. The van der Waals surface area contributed by atoms with Crippen LogP contribution in [0.4, 0.5) is 0 Å². The molecular formula is C13H29NO2. The van der Waals surface area contributed by atoms with Crippen molar-refractivity contribution in [3.63, 3.8) is 0 Å². The van der Waals surface area contributed by atoms with Gasteiger partial charge >= 0.3 is 0 Å². The van der Waals surface area contributed by atoms with Crippen molar-refractivity contribution in [2.45, 2.75) is 54.6 Å². The van der Waals surface area contributed by atoms with Crippen LogP contribution in [0.1, 0.15) is 48.5 Å². The molecule has 0 rings (SSSR count). The average Bonchev–Trinajstić information content (AvgIpc) is 2.13. The molecule has 0 aliphatic heterocycles. The van der Waals surface area contributed by atoms with E-state index in [9.17, 15) is 4.79 Å². The lowest BCUT2D eigenvalue weighted by Gasteiger charge is -2.25. The van der Waals surface area contributed by atoms with Gasteiger partial charge in [-0.1, -0.05) is 41.5 Å². The van der Waals surface area contributed by atoms with Gasteiger partial charge in [0.2, 0.25) is 0 Å². The lowest BCUT2D eigenvalue weighted by atomic mass is 9.90. The molecule has 98 valence electrons. The molecule has 2 N–H and O–H groups in total. The van der Waals surface area contributed by atoms with Gasteiger partial charge in [0.25, 0.3) is 0 Å². The number of hydrogen-bond acceptors (Lipinski definition) is 3. The second kappa shape index (κ2) is 7.02. The fourth-order valence-corrected chi connectivity index (χ4v) is 0.660. The molecule has 0 aliphatic rings. The largest absolute Gasteiger partial charge is 0.381 e. The van der Waals surface area contributed by atoms with Crippen molar-refractivity contribution in [2.24, 2.45) is 16.6 Å². The summed E-state index contributed by atoms with van der Waals surface area (Å²) in [6, 6.07) is 0. The molecule has 0 aromatic heterocycles. The van der Waals surface area contributed by atoms with E-state index in [4.69, 9.17) is 10.5 Å². The summed E-state index contributed by atoms with van der Waals surface area (Å²) < 4.78 is 5.11. The van der Waals surface area contributed by atoms with Gasteiger partial charge in [-0.2, -0.15) is 0 Å². The van der Waals surface area contributed by atoms with Crippen LogP contribution in [0.15, 0.2) is 0 Å². The molecule has 0 saturated carbocycles. The van der Waals surface area contributed by atoms with Crippen LogP contribution in [0.3, 0.4) is 0 Å². The quantitative estimate of drug-likeness (QED) is 0.795. The molecular weight excluding hydrogens is 202 g/mol. The third-order valence-electron chi connectivity index (χ3n) is 2.60. The van der Waals surface area contributed by atoms with Crippen molar-refractivity contribution in [3.05, 3.63) is 0 Å². The number of carbonyl (C=O) groups is 1. The Morgan fingerprint density at radius 3 is 1.56 bits per heavy atom. The van der Waals surface area contributed by atoms with Gasteiger partial charge in [0.1, 0.15) is 0 Å². The molecule has 1 atom stereocenters. The summed E-state index contributed by atoms with van der Waals surface area (Å²) in [5.41, 5.74) is 5.14. The van der Waals surface area contributed by atoms with Crippen LogP contribution in [0.5, 0.6) is 0 Å². The third kappa shape index (κ3) is 8.86. The highest BCUT2D eigenvalue weighted by Crippen LogP contribution is 2.20. The van der Waals surface area contributed by atoms with E-state index < -0.39 is 0 Å². The van der Waals surface area contributed by atoms with E-state index in [2.05, 4.69) is 27.7 Å². The molecule has 0 aromatic carbocycles. The molecule has 16 heavy (non-hydrogen) atoms. The smallest absolute Gasteiger partial charge is 0.151 e. The van der Waals surface area contributed by atoms with Gasteiger partial charge in [0, 0.05) is 12.5 Å². The summed E-state index contributed by atoms with van der Waals surface area (Å²) in [4.78, 5) is 10.7. The lowest BCUT2D eigenvalue weighted by molar-refractivity contribution is -0.124. The maximum absolute atomic E-state index is 10.7. The van der Waals surface area contributed by atoms with E-state index >= 15 is 0 Å². The first-order valence-corrected chi connectivity index (χ1v) is 5.73. The van der Waals surface area contributed by atoms with Gasteiger partial charge in [-0.05, 0) is 12.3 Å². The van der Waals surface area contributed by atoms with E-state index in [-0.39, 0.29) is 23.2 Å². The zero-order chi connectivity index (χ0) is 13.6. The number of hydrogen-bond donors (Lipinski definition) is 1. The molecule has 0 radical (unpaired) electrons. The van der Waals surface area contributed by atoms with Crippen molar-refractivity contribution in [1.82, 2.24) is 0 Å². The highest BCUT2D eigenvalue weighted by Gasteiger charge is 2.18. The Balaban J connectivity index is 0. The Labute approximate surface area is 101 Å². The van der Waals surface area contributed by atoms with Gasteiger partial charge in [-0.15, -0.1) is 0 Å². The molecule has 3 nitrogen and oxygen atoms in total. The van der Waals surface area contributed by atoms with Crippen molar-refractivity contribution < 1.29 is 9.53 Å². The Morgan fingerprint density at radius 2 is 1.56 bits per heavy atom. The number of ketones is 1. The Hall–Kier alpha value is -0.410. The number of methoxy groups -OCH3 is 1. The minimum absolute atomic E-state index is 0.109. The SMILES string of the molecule is CC(C)(C)C(=O)CN.COC(C)C(C)(C)C. The molecule has 1 unspecified atom stereocenters. The first kappa shape index (κ1) is 18.0. The number of ether oxygens (including phenoxy) is 1. The highest BCUT2D eigenvalue weighted by atomic mass is 16.5. The molecule has 0 saturated heterocycles. The van der Waals surface area contributed by atoms with E-state index in [1.165, 1.54) is 0 Å². The van der Waals surface area contributed by atoms with Gasteiger partial charge in [-0.3, -0.25) is 4.79 Å². The monoisotopic (exact) mass is 231 g/mol. The van der Waals surface area contributed by atoms with Crippen molar-refractivity contribution in [3.8, 4) is 0 Å².